The Morgan fingerprint density at radius 2 is 1.75 bits per heavy atom. The van der Waals surface area contributed by atoms with Crippen molar-refractivity contribution in [1.82, 2.24) is 0 Å². The molecule has 0 saturated carbocycles. The third-order valence-corrected chi connectivity index (χ3v) is 4.11. The summed E-state index contributed by atoms with van der Waals surface area (Å²) >= 11 is 3.56. The molecule has 0 aliphatic carbocycles. The normalized spacial score (nSPS) is 11.7. The van der Waals surface area contributed by atoms with Crippen LogP contribution in [0.2, 0.25) is 0 Å². The van der Waals surface area contributed by atoms with E-state index in [4.69, 9.17) is 4.74 Å². The van der Waals surface area contributed by atoms with E-state index < -0.39 is 4.92 Å². The number of nitro groups is 1. The Hall–Kier alpha value is -2.14. The quantitative estimate of drug-likeness (QED) is 0.375. The summed E-state index contributed by atoms with van der Waals surface area (Å²) in [7, 11) is 1.67. The van der Waals surface area contributed by atoms with Crippen LogP contribution in [0.5, 0.6) is 5.75 Å². The number of benzene rings is 2. The van der Waals surface area contributed by atoms with Gasteiger partial charge in [0.05, 0.1) is 12.0 Å². The van der Waals surface area contributed by atoms with E-state index in [1.165, 1.54) is 12.1 Å². The molecule has 24 heavy (non-hydrogen) atoms. The van der Waals surface area contributed by atoms with Crippen LogP contribution in [-0.2, 0) is 5.41 Å². The summed E-state index contributed by atoms with van der Waals surface area (Å²) < 4.78 is 6.62. The molecule has 0 aromatic heterocycles. The Bertz CT molecular complexity index is 774. The molecule has 0 aliphatic heterocycles. The van der Waals surface area contributed by atoms with E-state index in [-0.39, 0.29) is 11.1 Å². The molecule has 0 aliphatic rings. The number of nitro benzene ring substituents is 1. The summed E-state index contributed by atoms with van der Waals surface area (Å²) in [5, 5.41) is 10.7. The number of ether oxygens (including phenoxy) is 1. The fourth-order valence-corrected chi connectivity index (χ4v) is 2.89. The summed E-state index contributed by atoms with van der Waals surface area (Å²) in [4.78, 5) is 10.3. The lowest BCUT2D eigenvalue weighted by atomic mass is 9.85. The minimum Gasteiger partial charge on any atom is -0.496 e. The highest BCUT2D eigenvalue weighted by atomic mass is 79.9. The molecule has 0 unspecified atom stereocenters. The van der Waals surface area contributed by atoms with Crippen molar-refractivity contribution in [1.29, 1.82) is 0 Å². The Labute approximate surface area is 150 Å². The minimum absolute atomic E-state index is 0.0505. The molecule has 0 atom stereocenters. The Kier molecular flexibility index (Phi) is 5.44. The number of hydrogen-bond acceptors (Lipinski definition) is 3. The Morgan fingerprint density at radius 3 is 2.25 bits per heavy atom. The molecule has 2 aromatic carbocycles. The first-order valence-electron chi connectivity index (χ1n) is 7.53. The van der Waals surface area contributed by atoms with Crippen LogP contribution in [0.15, 0.2) is 40.9 Å². The molecule has 2 rings (SSSR count). The maximum atomic E-state index is 10.7. The van der Waals surface area contributed by atoms with Crippen molar-refractivity contribution in [3.63, 3.8) is 0 Å². The first-order chi connectivity index (χ1) is 11.2. The molecule has 2 aromatic rings. The molecule has 0 radical (unpaired) electrons. The second-order valence-corrected chi connectivity index (χ2v) is 7.42. The summed E-state index contributed by atoms with van der Waals surface area (Å²) in [6.45, 7) is 6.42. The zero-order chi connectivity index (χ0) is 17.9. The second-order valence-electron chi connectivity index (χ2n) is 6.51. The van der Waals surface area contributed by atoms with Crippen LogP contribution in [0.3, 0.4) is 0 Å². The highest BCUT2D eigenvalue weighted by Crippen LogP contribution is 2.37. The molecular formula is C19H20BrNO3. The lowest BCUT2D eigenvalue weighted by Gasteiger charge is -2.23. The van der Waals surface area contributed by atoms with Crippen LogP contribution < -0.4 is 4.74 Å². The van der Waals surface area contributed by atoms with Crippen LogP contribution in [0.4, 0.5) is 5.69 Å². The van der Waals surface area contributed by atoms with Crippen LogP contribution >= 0.6 is 15.9 Å². The van der Waals surface area contributed by atoms with Crippen molar-refractivity contribution in [2.24, 2.45) is 0 Å². The lowest BCUT2D eigenvalue weighted by molar-refractivity contribution is -0.384. The van der Waals surface area contributed by atoms with Crippen molar-refractivity contribution < 1.29 is 9.66 Å². The standard InChI is InChI=1S/C19H20BrNO3/c1-19(2,3)17-12-15(20)11-14(18(17)24-4)8-5-13-6-9-16(10-7-13)21(22)23/h5-12H,1-4H3/b8-5+. The Balaban J connectivity index is 2.41. The van der Waals surface area contributed by atoms with E-state index >= 15 is 0 Å². The van der Waals surface area contributed by atoms with Gasteiger partial charge in [0.1, 0.15) is 5.75 Å². The number of halogens is 1. The predicted octanol–water partition coefficient (Wildman–Crippen LogP) is 5.83. The summed E-state index contributed by atoms with van der Waals surface area (Å²) in [5.74, 6) is 0.837. The molecule has 0 spiro atoms. The van der Waals surface area contributed by atoms with E-state index in [1.807, 2.05) is 18.2 Å². The maximum absolute atomic E-state index is 10.7. The molecule has 126 valence electrons. The molecular weight excluding hydrogens is 370 g/mol. The van der Waals surface area contributed by atoms with Crippen molar-refractivity contribution >= 4 is 33.8 Å². The topological polar surface area (TPSA) is 52.4 Å². The summed E-state index contributed by atoms with van der Waals surface area (Å²) in [5.41, 5.74) is 2.99. The highest BCUT2D eigenvalue weighted by molar-refractivity contribution is 9.10. The smallest absolute Gasteiger partial charge is 0.269 e. The van der Waals surface area contributed by atoms with Crippen molar-refractivity contribution in [2.75, 3.05) is 7.11 Å². The van der Waals surface area contributed by atoms with Gasteiger partial charge in [-0.25, -0.2) is 0 Å². The summed E-state index contributed by atoms with van der Waals surface area (Å²) in [6.07, 6.45) is 3.88. The zero-order valence-corrected chi connectivity index (χ0v) is 15.8. The Morgan fingerprint density at radius 1 is 1.12 bits per heavy atom. The number of nitrogens with zero attached hydrogens (tertiary/aromatic N) is 1. The van der Waals surface area contributed by atoms with Crippen LogP contribution in [0.25, 0.3) is 12.2 Å². The number of methoxy groups -OCH3 is 1. The first kappa shape index (κ1) is 18.2. The van der Waals surface area contributed by atoms with Gasteiger partial charge in [-0.15, -0.1) is 0 Å². The fraction of sp³-hybridized carbons (Fsp3) is 0.263. The molecule has 0 fully saturated rings. The van der Waals surface area contributed by atoms with E-state index in [2.05, 4.69) is 42.8 Å². The van der Waals surface area contributed by atoms with E-state index in [0.717, 1.165) is 26.9 Å². The molecule has 0 saturated heterocycles. The van der Waals surface area contributed by atoms with Crippen LogP contribution in [-0.4, -0.2) is 12.0 Å². The van der Waals surface area contributed by atoms with Gasteiger partial charge >= 0.3 is 0 Å². The number of non-ortho nitro benzene ring substituents is 1. The van der Waals surface area contributed by atoms with Gasteiger partial charge < -0.3 is 4.74 Å². The molecule has 0 amide bonds. The third-order valence-electron chi connectivity index (χ3n) is 3.65. The van der Waals surface area contributed by atoms with E-state index in [0.29, 0.717) is 0 Å². The average molecular weight is 390 g/mol. The van der Waals surface area contributed by atoms with Crippen molar-refractivity contribution in [3.05, 3.63) is 67.7 Å². The lowest BCUT2D eigenvalue weighted by Crippen LogP contribution is -2.13. The fourth-order valence-electron chi connectivity index (χ4n) is 2.42. The van der Waals surface area contributed by atoms with Gasteiger partial charge in [-0.05, 0) is 35.2 Å². The molecule has 0 N–H and O–H groups in total. The van der Waals surface area contributed by atoms with Crippen molar-refractivity contribution in [2.45, 2.75) is 26.2 Å². The van der Waals surface area contributed by atoms with Gasteiger partial charge in [0.25, 0.3) is 5.69 Å². The minimum atomic E-state index is -0.402. The number of rotatable bonds is 4. The average Bonchev–Trinajstić information content (AvgIpc) is 2.51. The predicted molar refractivity (Wildman–Crippen MR) is 101 cm³/mol. The highest BCUT2D eigenvalue weighted by Gasteiger charge is 2.21. The van der Waals surface area contributed by atoms with E-state index in [1.54, 1.807) is 19.2 Å². The largest absolute Gasteiger partial charge is 0.496 e. The van der Waals surface area contributed by atoms with E-state index in [9.17, 15) is 10.1 Å². The molecule has 5 heteroatoms. The van der Waals surface area contributed by atoms with Crippen molar-refractivity contribution in [3.8, 4) is 5.75 Å². The van der Waals surface area contributed by atoms with Crippen LogP contribution in [0.1, 0.15) is 37.5 Å². The molecule has 0 bridgehead atoms. The van der Waals surface area contributed by atoms with Gasteiger partial charge in [-0.1, -0.05) is 48.9 Å². The second kappa shape index (κ2) is 7.18. The van der Waals surface area contributed by atoms with Gasteiger partial charge in [-0.3, -0.25) is 10.1 Å². The van der Waals surface area contributed by atoms with Gasteiger partial charge in [-0.2, -0.15) is 0 Å². The zero-order valence-electron chi connectivity index (χ0n) is 14.2. The van der Waals surface area contributed by atoms with Gasteiger partial charge in [0.15, 0.2) is 0 Å². The third kappa shape index (κ3) is 4.23. The summed E-state index contributed by atoms with van der Waals surface area (Å²) in [6, 6.07) is 10.5. The van der Waals surface area contributed by atoms with Gasteiger partial charge in [0, 0.05) is 27.7 Å². The number of hydrogen-bond donors (Lipinski definition) is 0. The van der Waals surface area contributed by atoms with Crippen LogP contribution in [0, 0.1) is 10.1 Å². The monoisotopic (exact) mass is 389 g/mol. The SMILES string of the molecule is COc1c(/C=C/c2ccc([N+](=O)[O-])cc2)cc(Br)cc1C(C)(C)C. The maximum Gasteiger partial charge on any atom is 0.269 e. The first-order valence-corrected chi connectivity index (χ1v) is 8.32. The molecule has 0 heterocycles. The van der Waals surface area contributed by atoms with Gasteiger partial charge in [0.2, 0.25) is 0 Å². The molecule has 4 nitrogen and oxygen atoms in total.